The fourth-order valence-electron chi connectivity index (χ4n) is 2.07. The Labute approximate surface area is 163 Å². The van der Waals surface area contributed by atoms with Crippen molar-refractivity contribution in [1.82, 2.24) is 0 Å². The fourth-order valence-corrected chi connectivity index (χ4v) is 2.44. The van der Waals surface area contributed by atoms with Gasteiger partial charge in [-0.25, -0.2) is 4.79 Å². The summed E-state index contributed by atoms with van der Waals surface area (Å²) in [5.74, 6) is 0.145. The summed E-state index contributed by atoms with van der Waals surface area (Å²) in [5, 5.41) is 8.50. The fraction of sp³-hybridized carbons (Fsp3) is 0.200. The summed E-state index contributed by atoms with van der Waals surface area (Å²) in [6, 6.07) is 15.7. The summed E-state index contributed by atoms with van der Waals surface area (Å²) in [6.45, 7) is 1.48. The van der Waals surface area contributed by atoms with Crippen LogP contribution in [0.3, 0.4) is 0 Å². The van der Waals surface area contributed by atoms with E-state index in [1.807, 2.05) is 13.0 Å². The van der Waals surface area contributed by atoms with Crippen molar-refractivity contribution in [2.75, 3.05) is 6.61 Å². The van der Waals surface area contributed by atoms with Gasteiger partial charge < -0.3 is 19.6 Å². The third-order valence-electron chi connectivity index (χ3n) is 3.28. The summed E-state index contributed by atoms with van der Waals surface area (Å²) in [6.07, 6.45) is 2.60. The number of hydrogen-bond donors (Lipinski definition) is 3. The highest BCUT2D eigenvalue weighted by molar-refractivity contribution is 7.55. The summed E-state index contributed by atoms with van der Waals surface area (Å²) in [4.78, 5) is 39.1. The predicted molar refractivity (Wildman–Crippen MR) is 106 cm³/mol. The van der Waals surface area contributed by atoms with E-state index >= 15 is 0 Å². The van der Waals surface area contributed by atoms with Crippen LogP contribution in [0.4, 0.5) is 0 Å². The standard InChI is InChI=1S/C12H14O4.C8H9O3P/c1-2-5-10(13)9-6-3-4-7-11(9)16-8-12(14)15;9-12(10,11)7-6-8-4-2-1-3-5-8/h3-4,6-7H,2,5,8H2,1H3,(H,14,15);1-7H,(H2,9,10,11). The van der Waals surface area contributed by atoms with E-state index in [-0.39, 0.29) is 5.78 Å². The Morgan fingerprint density at radius 3 is 2.21 bits per heavy atom. The SMILES string of the molecule is CCCC(=O)c1ccccc1OCC(=O)O.O=P(O)(O)C=Cc1ccccc1. The van der Waals surface area contributed by atoms with Gasteiger partial charge in [0.1, 0.15) is 5.75 Å². The number of hydrogen-bond acceptors (Lipinski definition) is 4. The zero-order chi connectivity index (χ0) is 21.0. The van der Waals surface area contributed by atoms with Gasteiger partial charge in [-0.1, -0.05) is 49.4 Å². The molecular formula is C20H23O7P. The second kappa shape index (κ2) is 11.9. The summed E-state index contributed by atoms with van der Waals surface area (Å²) in [5.41, 5.74) is 1.23. The number of ether oxygens (including phenoxy) is 1. The van der Waals surface area contributed by atoms with Crippen LogP contribution in [0.1, 0.15) is 35.7 Å². The van der Waals surface area contributed by atoms with Gasteiger partial charge in [0.25, 0.3) is 0 Å². The van der Waals surface area contributed by atoms with Crippen LogP contribution in [0.15, 0.2) is 60.4 Å². The maximum atomic E-state index is 11.7. The van der Waals surface area contributed by atoms with E-state index in [1.165, 1.54) is 6.08 Å². The van der Waals surface area contributed by atoms with Crippen molar-refractivity contribution in [1.29, 1.82) is 0 Å². The number of carboxylic acid groups (broad SMARTS) is 1. The molecule has 0 aliphatic heterocycles. The number of benzene rings is 2. The first-order valence-electron chi connectivity index (χ1n) is 8.49. The number of carbonyl (C=O) groups is 2. The first-order chi connectivity index (χ1) is 13.2. The third-order valence-corrected chi connectivity index (χ3v) is 3.81. The number of ketones is 1. The van der Waals surface area contributed by atoms with Gasteiger partial charge in [-0.3, -0.25) is 9.36 Å². The molecule has 0 aliphatic rings. The molecule has 0 atom stereocenters. The predicted octanol–water partition coefficient (Wildman–Crippen LogP) is 3.97. The molecule has 3 N–H and O–H groups in total. The average molecular weight is 406 g/mol. The lowest BCUT2D eigenvalue weighted by Crippen LogP contribution is -2.11. The van der Waals surface area contributed by atoms with E-state index < -0.39 is 20.2 Å². The van der Waals surface area contributed by atoms with Gasteiger partial charge in [0.2, 0.25) is 0 Å². The Kier molecular flexibility index (Phi) is 9.88. The second-order valence-corrected chi connectivity index (χ2v) is 7.14. The molecule has 0 heterocycles. The van der Waals surface area contributed by atoms with E-state index in [9.17, 15) is 14.2 Å². The van der Waals surface area contributed by atoms with Crippen LogP contribution < -0.4 is 4.74 Å². The highest BCUT2D eigenvalue weighted by Crippen LogP contribution is 2.36. The summed E-state index contributed by atoms with van der Waals surface area (Å²) >= 11 is 0. The van der Waals surface area contributed by atoms with E-state index in [4.69, 9.17) is 19.6 Å². The molecule has 0 aliphatic carbocycles. The lowest BCUT2D eigenvalue weighted by atomic mass is 10.1. The van der Waals surface area contributed by atoms with Crippen molar-refractivity contribution in [3.63, 3.8) is 0 Å². The number of carbonyl (C=O) groups excluding carboxylic acids is 1. The largest absolute Gasteiger partial charge is 0.481 e. The summed E-state index contributed by atoms with van der Waals surface area (Å²) in [7, 11) is -4.01. The Morgan fingerprint density at radius 2 is 1.64 bits per heavy atom. The Balaban J connectivity index is 0.000000292. The average Bonchev–Trinajstić information content (AvgIpc) is 2.66. The highest BCUT2D eigenvalue weighted by atomic mass is 31.2. The van der Waals surface area contributed by atoms with E-state index in [1.54, 1.807) is 48.5 Å². The minimum atomic E-state index is -4.01. The molecule has 8 heteroatoms. The first kappa shape index (κ1) is 23.3. The molecule has 0 saturated carbocycles. The van der Waals surface area contributed by atoms with Crippen LogP contribution >= 0.6 is 7.60 Å². The number of Topliss-reactive ketones (excluding diaryl/α,β-unsaturated/α-hetero) is 1. The number of para-hydroxylation sites is 1. The quantitative estimate of drug-likeness (QED) is 0.448. The molecule has 0 unspecified atom stereocenters. The molecule has 0 radical (unpaired) electrons. The summed E-state index contributed by atoms with van der Waals surface area (Å²) < 4.78 is 15.5. The van der Waals surface area contributed by atoms with Crippen LogP contribution in [0.25, 0.3) is 6.08 Å². The number of rotatable bonds is 8. The number of aliphatic carboxylic acids is 1. The zero-order valence-electron chi connectivity index (χ0n) is 15.4. The highest BCUT2D eigenvalue weighted by Gasteiger charge is 2.11. The maximum absolute atomic E-state index is 11.7. The second-order valence-electron chi connectivity index (χ2n) is 5.67. The van der Waals surface area contributed by atoms with Gasteiger partial charge in [-0.2, -0.15) is 0 Å². The van der Waals surface area contributed by atoms with Crippen LogP contribution in [0.2, 0.25) is 0 Å². The normalized spacial score (nSPS) is 10.8. The Morgan fingerprint density at radius 1 is 1.04 bits per heavy atom. The zero-order valence-corrected chi connectivity index (χ0v) is 16.3. The molecular weight excluding hydrogens is 383 g/mol. The van der Waals surface area contributed by atoms with Gasteiger partial charge in [0.15, 0.2) is 12.4 Å². The first-order valence-corrected chi connectivity index (χ1v) is 10.2. The maximum Gasteiger partial charge on any atom is 0.349 e. The lowest BCUT2D eigenvalue weighted by molar-refractivity contribution is -0.139. The third kappa shape index (κ3) is 9.83. The van der Waals surface area contributed by atoms with Gasteiger partial charge in [0, 0.05) is 12.2 Å². The van der Waals surface area contributed by atoms with Crippen LogP contribution in [0.5, 0.6) is 5.75 Å². The van der Waals surface area contributed by atoms with Crippen LogP contribution in [-0.2, 0) is 9.36 Å². The molecule has 0 spiro atoms. The minimum absolute atomic E-state index is 0.0245. The van der Waals surface area contributed by atoms with Crippen molar-refractivity contribution in [2.24, 2.45) is 0 Å². The van der Waals surface area contributed by atoms with Crippen molar-refractivity contribution >= 4 is 25.4 Å². The lowest BCUT2D eigenvalue weighted by Gasteiger charge is -2.08. The molecule has 2 rings (SSSR count). The Hall–Kier alpha value is -2.73. The smallest absolute Gasteiger partial charge is 0.349 e. The molecule has 28 heavy (non-hydrogen) atoms. The molecule has 7 nitrogen and oxygen atoms in total. The molecule has 0 amide bonds. The number of carboxylic acids is 1. The van der Waals surface area contributed by atoms with Crippen LogP contribution in [0, 0.1) is 0 Å². The van der Waals surface area contributed by atoms with Crippen molar-refractivity contribution < 1.29 is 33.8 Å². The molecule has 2 aromatic carbocycles. The van der Waals surface area contributed by atoms with E-state index in [0.29, 0.717) is 17.7 Å². The molecule has 0 fully saturated rings. The molecule has 0 aromatic heterocycles. The molecule has 0 saturated heterocycles. The van der Waals surface area contributed by atoms with Crippen LogP contribution in [-0.4, -0.2) is 33.3 Å². The molecule has 2 aromatic rings. The van der Waals surface area contributed by atoms with Gasteiger partial charge >= 0.3 is 13.6 Å². The van der Waals surface area contributed by atoms with Crippen molar-refractivity contribution in [3.8, 4) is 5.75 Å². The van der Waals surface area contributed by atoms with Gasteiger partial charge in [-0.05, 0) is 30.2 Å². The Bertz CT molecular complexity index is 841. The topological polar surface area (TPSA) is 121 Å². The molecule has 0 bridgehead atoms. The van der Waals surface area contributed by atoms with Gasteiger partial charge in [-0.15, -0.1) is 0 Å². The van der Waals surface area contributed by atoms with Crippen molar-refractivity contribution in [3.05, 3.63) is 71.5 Å². The molecule has 150 valence electrons. The van der Waals surface area contributed by atoms with Gasteiger partial charge in [0.05, 0.1) is 5.56 Å². The van der Waals surface area contributed by atoms with E-state index in [0.717, 1.165) is 17.8 Å². The van der Waals surface area contributed by atoms with E-state index in [2.05, 4.69) is 0 Å². The monoisotopic (exact) mass is 406 g/mol. The van der Waals surface area contributed by atoms with Crippen molar-refractivity contribution in [2.45, 2.75) is 19.8 Å². The minimum Gasteiger partial charge on any atom is -0.481 e.